The van der Waals surface area contributed by atoms with Crippen LogP contribution in [0.1, 0.15) is 38.0 Å². The van der Waals surface area contributed by atoms with Gasteiger partial charge in [-0.25, -0.2) is 13.4 Å². The standard InChI is InChI=1S/C25H29N3O5S/c1-32-21-14-13-20(17-23(21)34(30,31)28-15-6-3-7-16-28)27-24(29)11-8-12-25-26-18-22(33-25)19-9-4-2-5-10-19/h2,4-5,9-10,13-14,17-18H,3,6-8,11-12,15-16H2,1H3,(H,27,29). The van der Waals surface area contributed by atoms with Crippen LogP contribution in [0, 0.1) is 0 Å². The molecule has 1 aliphatic rings. The molecule has 8 nitrogen and oxygen atoms in total. The second-order valence-electron chi connectivity index (χ2n) is 8.22. The van der Waals surface area contributed by atoms with Gasteiger partial charge in [0.05, 0.1) is 13.3 Å². The Hall–Kier alpha value is -3.17. The zero-order valence-corrected chi connectivity index (χ0v) is 20.0. The Bertz CT molecular complexity index is 1220. The first-order valence-electron chi connectivity index (χ1n) is 11.5. The maximum atomic E-state index is 13.2. The Labute approximate surface area is 200 Å². The number of oxazole rings is 1. The summed E-state index contributed by atoms with van der Waals surface area (Å²) in [5.74, 6) is 1.33. The van der Waals surface area contributed by atoms with E-state index >= 15 is 0 Å². The summed E-state index contributed by atoms with van der Waals surface area (Å²) in [7, 11) is -2.26. The van der Waals surface area contributed by atoms with Crippen molar-refractivity contribution in [3.63, 3.8) is 0 Å². The number of rotatable bonds is 9. The highest BCUT2D eigenvalue weighted by atomic mass is 32.2. The van der Waals surface area contributed by atoms with E-state index in [4.69, 9.17) is 9.15 Å². The lowest BCUT2D eigenvalue weighted by molar-refractivity contribution is -0.116. The molecule has 9 heteroatoms. The molecule has 4 rings (SSSR count). The fourth-order valence-electron chi connectivity index (χ4n) is 3.99. The van der Waals surface area contributed by atoms with Crippen molar-refractivity contribution in [2.45, 2.75) is 43.4 Å². The lowest BCUT2D eigenvalue weighted by atomic mass is 10.2. The van der Waals surface area contributed by atoms with Crippen LogP contribution in [-0.2, 0) is 21.2 Å². The van der Waals surface area contributed by atoms with Gasteiger partial charge in [0, 0.05) is 37.2 Å². The minimum Gasteiger partial charge on any atom is -0.495 e. The van der Waals surface area contributed by atoms with Crippen LogP contribution in [0.4, 0.5) is 5.69 Å². The molecule has 0 radical (unpaired) electrons. The van der Waals surface area contributed by atoms with E-state index < -0.39 is 10.0 Å². The number of carbonyl (C=O) groups is 1. The van der Waals surface area contributed by atoms with Crippen molar-refractivity contribution in [1.29, 1.82) is 0 Å². The number of piperidine rings is 1. The Morgan fingerprint density at radius 3 is 2.62 bits per heavy atom. The van der Waals surface area contributed by atoms with Crippen molar-refractivity contribution in [2.75, 3.05) is 25.5 Å². The van der Waals surface area contributed by atoms with Gasteiger partial charge in [-0.3, -0.25) is 4.79 Å². The Kier molecular flexibility index (Phi) is 7.64. The molecular weight excluding hydrogens is 454 g/mol. The highest BCUT2D eigenvalue weighted by Crippen LogP contribution is 2.31. The van der Waals surface area contributed by atoms with E-state index in [0.29, 0.717) is 43.3 Å². The second-order valence-corrected chi connectivity index (χ2v) is 10.1. The SMILES string of the molecule is COc1ccc(NC(=O)CCCc2ncc(-c3ccccc3)o2)cc1S(=O)(=O)N1CCCCC1. The molecule has 2 aromatic carbocycles. The van der Waals surface area contributed by atoms with Crippen LogP contribution in [0.5, 0.6) is 5.75 Å². The third-order valence-electron chi connectivity index (χ3n) is 5.79. The highest BCUT2D eigenvalue weighted by molar-refractivity contribution is 7.89. The van der Waals surface area contributed by atoms with E-state index in [1.54, 1.807) is 18.3 Å². The fourth-order valence-corrected chi connectivity index (χ4v) is 5.68. The van der Waals surface area contributed by atoms with Crippen LogP contribution in [0.25, 0.3) is 11.3 Å². The first-order valence-corrected chi connectivity index (χ1v) is 12.9. The van der Waals surface area contributed by atoms with Crippen LogP contribution < -0.4 is 10.1 Å². The van der Waals surface area contributed by atoms with E-state index in [1.165, 1.54) is 17.5 Å². The summed E-state index contributed by atoms with van der Waals surface area (Å²) < 4.78 is 38.9. The van der Waals surface area contributed by atoms with Gasteiger partial charge >= 0.3 is 0 Å². The largest absolute Gasteiger partial charge is 0.495 e. The normalized spacial score (nSPS) is 14.6. The third-order valence-corrected chi connectivity index (χ3v) is 7.71. The number of amides is 1. The van der Waals surface area contributed by atoms with Crippen LogP contribution in [0.2, 0.25) is 0 Å². The number of nitrogens with zero attached hydrogens (tertiary/aromatic N) is 2. The fraction of sp³-hybridized carbons (Fsp3) is 0.360. The van der Waals surface area contributed by atoms with E-state index in [2.05, 4.69) is 10.3 Å². The molecule has 2 heterocycles. The summed E-state index contributed by atoms with van der Waals surface area (Å²) in [5, 5.41) is 2.80. The van der Waals surface area contributed by atoms with Gasteiger partial charge in [0.25, 0.3) is 0 Å². The number of carbonyl (C=O) groups excluding carboxylic acids is 1. The number of sulfonamides is 1. The molecule has 0 bridgehead atoms. The maximum Gasteiger partial charge on any atom is 0.246 e. The number of aryl methyl sites for hydroxylation is 1. The number of ether oxygens (including phenoxy) is 1. The molecule has 1 saturated heterocycles. The van der Waals surface area contributed by atoms with Gasteiger partial charge in [0.2, 0.25) is 15.9 Å². The molecule has 0 spiro atoms. The molecule has 1 amide bonds. The number of nitrogens with one attached hydrogen (secondary N) is 1. The molecule has 180 valence electrons. The van der Waals surface area contributed by atoms with E-state index in [9.17, 15) is 13.2 Å². The summed E-state index contributed by atoms with van der Waals surface area (Å²) in [6.07, 6.45) is 5.73. The van der Waals surface area contributed by atoms with E-state index in [0.717, 1.165) is 24.8 Å². The molecule has 1 aliphatic heterocycles. The summed E-state index contributed by atoms with van der Waals surface area (Å²) >= 11 is 0. The smallest absolute Gasteiger partial charge is 0.246 e. The van der Waals surface area contributed by atoms with Gasteiger partial charge in [-0.15, -0.1) is 0 Å². The summed E-state index contributed by atoms with van der Waals surface area (Å²) in [6, 6.07) is 14.4. The summed E-state index contributed by atoms with van der Waals surface area (Å²) in [6.45, 7) is 0.990. The van der Waals surface area contributed by atoms with E-state index in [-0.39, 0.29) is 23.0 Å². The average molecular weight is 484 g/mol. The first-order chi connectivity index (χ1) is 16.5. The topological polar surface area (TPSA) is 102 Å². The number of hydrogen-bond donors (Lipinski definition) is 1. The predicted molar refractivity (Wildman–Crippen MR) is 129 cm³/mol. The molecule has 1 fully saturated rings. The van der Waals surface area contributed by atoms with Gasteiger partial charge in [0.1, 0.15) is 10.6 Å². The molecule has 3 aromatic rings. The molecule has 34 heavy (non-hydrogen) atoms. The Morgan fingerprint density at radius 1 is 1.12 bits per heavy atom. The monoisotopic (exact) mass is 483 g/mol. The number of hydrogen-bond acceptors (Lipinski definition) is 6. The van der Waals surface area contributed by atoms with Crippen molar-refractivity contribution in [2.24, 2.45) is 0 Å². The maximum absolute atomic E-state index is 13.2. The Morgan fingerprint density at radius 2 is 1.88 bits per heavy atom. The number of aromatic nitrogens is 1. The minimum absolute atomic E-state index is 0.0722. The van der Waals surface area contributed by atoms with Crippen molar-refractivity contribution in [3.8, 4) is 17.1 Å². The molecule has 0 unspecified atom stereocenters. The van der Waals surface area contributed by atoms with Gasteiger partial charge in [0.15, 0.2) is 11.7 Å². The van der Waals surface area contributed by atoms with Crippen LogP contribution >= 0.6 is 0 Å². The Balaban J connectivity index is 1.36. The van der Waals surface area contributed by atoms with Crippen LogP contribution in [-0.4, -0.2) is 43.8 Å². The van der Waals surface area contributed by atoms with Crippen molar-refractivity contribution in [1.82, 2.24) is 9.29 Å². The molecule has 1 N–H and O–H groups in total. The number of anilines is 1. The summed E-state index contributed by atoms with van der Waals surface area (Å²) in [4.78, 5) is 16.9. The van der Waals surface area contributed by atoms with Crippen molar-refractivity contribution >= 4 is 21.6 Å². The van der Waals surface area contributed by atoms with Gasteiger partial charge < -0.3 is 14.5 Å². The number of methoxy groups -OCH3 is 1. The van der Waals surface area contributed by atoms with Crippen molar-refractivity contribution < 1.29 is 22.4 Å². The second kappa shape index (κ2) is 10.8. The molecule has 1 aromatic heterocycles. The van der Waals surface area contributed by atoms with Crippen molar-refractivity contribution in [3.05, 3.63) is 60.6 Å². The molecule has 0 atom stereocenters. The summed E-state index contributed by atoms with van der Waals surface area (Å²) in [5.41, 5.74) is 1.37. The van der Waals surface area contributed by atoms with Gasteiger partial charge in [-0.2, -0.15) is 4.31 Å². The molecule has 0 saturated carbocycles. The molecular formula is C25H29N3O5S. The third kappa shape index (κ3) is 5.66. The average Bonchev–Trinajstić information content (AvgIpc) is 3.34. The highest BCUT2D eigenvalue weighted by Gasteiger charge is 2.29. The van der Waals surface area contributed by atoms with Gasteiger partial charge in [-0.1, -0.05) is 36.8 Å². The molecule has 0 aliphatic carbocycles. The predicted octanol–water partition coefficient (Wildman–Crippen LogP) is 4.49. The van der Waals surface area contributed by atoms with Gasteiger partial charge in [-0.05, 0) is 37.5 Å². The minimum atomic E-state index is -3.70. The lowest BCUT2D eigenvalue weighted by Gasteiger charge is -2.26. The zero-order valence-electron chi connectivity index (χ0n) is 19.2. The van der Waals surface area contributed by atoms with Crippen LogP contribution in [0.3, 0.4) is 0 Å². The van der Waals surface area contributed by atoms with E-state index in [1.807, 2.05) is 30.3 Å². The first kappa shape index (κ1) is 24.0. The zero-order chi connectivity index (χ0) is 24.0. The van der Waals surface area contributed by atoms with Crippen LogP contribution in [0.15, 0.2) is 64.0 Å². The lowest BCUT2D eigenvalue weighted by Crippen LogP contribution is -2.35. The number of benzene rings is 2. The quantitative estimate of drug-likeness (QED) is 0.481.